The fourth-order valence-electron chi connectivity index (χ4n) is 0.957. The Kier molecular flexibility index (Phi) is 27.3. The standard InChI is InChI=1S/C10H20.C2H4O2.H2O.Ru/c1-9(2)7-5-6-8-10(3)4;1-2(3)4;;/h5-8H2,1-4H3;1H3,(H,3,4);1H2;/q-2;;;+2. The molecule has 3 nitrogen and oxygen atoms in total. The molecule has 0 aromatic rings. The van der Waals surface area contributed by atoms with E-state index in [4.69, 9.17) is 9.90 Å². The van der Waals surface area contributed by atoms with Gasteiger partial charge in [-0.2, -0.15) is 40.5 Å². The Balaban J connectivity index is -0.000000105. The molecule has 0 aromatic heterocycles. The number of aliphatic carboxylic acids is 1. The average molecular weight is 319 g/mol. The smallest absolute Gasteiger partial charge is 0.481 e. The van der Waals surface area contributed by atoms with E-state index in [2.05, 4.69) is 27.7 Å². The Bertz CT molecular complexity index is 122. The summed E-state index contributed by atoms with van der Waals surface area (Å²) in [5, 5.41) is 7.42. The van der Waals surface area contributed by atoms with Gasteiger partial charge < -0.3 is 22.4 Å². The van der Waals surface area contributed by atoms with Crippen LogP contribution in [0.15, 0.2) is 0 Å². The summed E-state index contributed by atoms with van der Waals surface area (Å²) in [6.45, 7) is 9.93. The van der Waals surface area contributed by atoms with Crippen LogP contribution >= 0.6 is 0 Å². The number of hydrogen-bond acceptors (Lipinski definition) is 1. The molecule has 0 heterocycles. The molecule has 0 bridgehead atoms. The van der Waals surface area contributed by atoms with Gasteiger partial charge in [0.1, 0.15) is 0 Å². The van der Waals surface area contributed by atoms with Crippen molar-refractivity contribution in [1.29, 1.82) is 0 Å². The molecule has 0 spiro atoms. The van der Waals surface area contributed by atoms with Crippen LogP contribution in [-0.4, -0.2) is 16.6 Å². The van der Waals surface area contributed by atoms with Crippen LogP contribution in [0.1, 0.15) is 60.3 Å². The Morgan fingerprint density at radius 1 is 1.00 bits per heavy atom. The third kappa shape index (κ3) is 48.1. The van der Waals surface area contributed by atoms with Crippen LogP contribution in [0.2, 0.25) is 0 Å². The van der Waals surface area contributed by atoms with Crippen LogP contribution < -0.4 is 0 Å². The quantitative estimate of drug-likeness (QED) is 0.481. The van der Waals surface area contributed by atoms with Crippen LogP contribution in [0.5, 0.6) is 0 Å². The molecule has 0 atom stereocenters. The normalized spacial score (nSPS) is 8.69. The molecule has 0 aliphatic rings. The number of carbonyl (C=O) groups is 1. The minimum atomic E-state index is -0.833. The summed E-state index contributed by atoms with van der Waals surface area (Å²) in [5.41, 5.74) is 0. The van der Waals surface area contributed by atoms with Gasteiger partial charge in [-0.25, -0.2) is 0 Å². The van der Waals surface area contributed by atoms with E-state index in [0.717, 1.165) is 6.92 Å². The van der Waals surface area contributed by atoms with E-state index < -0.39 is 5.97 Å². The van der Waals surface area contributed by atoms with Gasteiger partial charge in [0.25, 0.3) is 5.97 Å². The van der Waals surface area contributed by atoms with E-state index in [9.17, 15) is 0 Å². The maximum Gasteiger partial charge on any atom is 2.00 e. The summed E-state index contributed by atoms with van der Waals surface area (Å²) in [6.07, 6.45) is 5.36. The molecule has 0 aliphatic carbocycles. The van der Waals surface area contributed by atoms with E-state index in [-0.39, 0.29) is 25.0 Å². The zero-order valence-electron chi connectivity index (χ0n) is 11.0. The molecule has 100 valence electrons. The molecule has 0 aliphatic heterocycles. The molecule has 0 fully saturated rings. The van der Waals surface area contributed by atoms with Crippen molar-refractivity contribution < 1.29 is 34.9 Å². The molecule has 0 unspecified atom stereocenters. The Morgan fingerprint density at radius 3 is 1.31 bits per heavy atom. The van der Waals surface area contributed by atoms with Gasteiger partial charge in [0.15, 0.2) is 0 Å². The van der Waals surface area contributed by atoms with Gasteiger partial charge in [0, 0.05) is 6.92 Å². The largest absolute Gasteiger partial charge is 2.00 e. The first-order valence-corrected chi connectivity index (χ1v) is 5.13. The molecule has 3 N–H and O–H groups in total. The van der Waals surface area contributed by atoms with Gasteiger partial charge in [-0.3, -0.25) is 4.79 Å². The number of carboxylic acid groups (broad SMARTS) is 1. The fourth-order valence-corrected chi connectivity index (χ4v) is 0.957. The molecule has 0 saturated heterocycles. The molecule has 0 amide bonds. The zero-order valence-corrected chi connectivity index (χ0v) is 12.8. The Morgan fingerprint density at radius 2 is 1.19 bits per heavy atom. The number of rotatable bonds is 5. The third-order valence-electron chi connectivity index (χ3n) is 1.60. The molecule has 0 rings (SSSR count). The predicted molar refractivity (Wildman–Crippen MR) is 64.6 cm³/mol. The molecule has 0 radical (unpaired) electrons. The summed E-state index contributed by atoms with van der Waals surface area (Å²) in [4.78, 5) is 9.00. The van der Waals surface area contributed by atoms with Gasteiger partial charge in [0.2, 0.25) is 0 Å². The summed E-state index contributed by atoms with van der Waals surface area (Å²) in [5.74, 6) is 2.29. The minimum Gasteiger partial charge on any atom is -0.481 e. The SMILES string of the molecule is CC(=O)O.C[C-](C)CCCC[C-](C)C.O.[Ru+2]. The van der Waals surface area contributed by atoms with Gasteiger partial charge in [-0.1, -0.05) is 12.8 Å². The van der Waals surface area contributed by atoms with Gasteiger partial charge >= 0.3 is 19.5 Å². The van der Waals surface area contributed by atoms with Gasteiger partial charge in [-0.05, 0) is 0 Å². The minimum absolute atomic E-state index is 0. The second-order valence-electron chi connectivity index (χ2n) is 4.14. The van der Waals surface area contributed by atoms with Gasteiger partial charge in [0.05, 0.1) is 0 Å². The Hall–Kier alpha value is 0.0534. The first kappa shape index (κ1) is 25.0. The first-order chi connectivity index (χ1) is 6.36. The summed E-state index contributed by atoms with van der Waals surface area (Å²) < 4.78 is 0. The molecular weight excluding hydrogens is 293 g/mol. The zero-order chi connectivity index (χ0) is 11.6. The van der Waals surface area contributed by atoms with Crippen LogP contribution in [0, 0.1) is 11.8 Å². The molecule has 0 saturated carbocycles. The van der Waals surface area contributed by atoms with Crippen LogP contribution in [0.3, 0.4) is 0 Å². The van der Waals surface area contributed by atoms with Crippen molar-refractivity contribution in [3.63, 3.8) is 0 Å². The van der Waals surface area contributed by atoms with Crippen molar-refractivity contribution >= 4 is 5.97 Å². The van der Waals surface area contributed by atoms with Crippen molar-refractivity contribution in [2.24, 2.45) is 0 Å². The summed E-state index contributed by atoms with van der Waals surface area (Å²) in [6, 6.07) is 0. The number of unbranched alkanes of at least 4 members (excludes halogenated alkanes) is 1. The predicted octanol–water partition coefficient (Wildman–Crippen LogP) is 3.04. The van der Waals surface area contributed by atoms with E-state index in [1.807, 2.05) is 0 Å². The van der Waals surface area contributed by atoms with E-state index >= 15 is 0 Å². The maximum atomic E-state index is 9.00. The van der Waals surface area contributed by atoms with Crippen molar-refractivity contribution in [2.75, 3.05) is 0 Å². The number of hydrogen-bond donors (Lipinski definition) is 1. The second kappa shape index (κ2) is 17.4. The number of carboxylic acids is 1. The van der Waals surface area contributed by atoms with Crippen LogP contribution in [-0.2, 0) is 24.3 Å². The Labute approximate surface area is 113 Å². The molecule has 4 heteroatoms. The summed E-state index contributed by atoms with van der Waals surface area (Å²) in [7, 11) is 0. The van der Waals surface area contributed by atoms with Crippen molar-refractivity contribution in [3.05, 3.63) is 11.8 Å². The third-order valence-corrected chi connectivity index (χ3v) is 1.60. The van der Waals surface area contributed by atoms with Crippen molar-refractivity contribution in [3.8, 4) is 0 Å². The molecule has 16 heavy (non-hydrogen) atoms. The topological polar surface area (TPSA) is 68.8 Å². The van der Waals surface area contributed by atoms with E-state index in [0.29, 0.717) is 0 Å². The maximum absolute atomic E-state index is 9.00. The average Bonchev–Trinajstić information content (AvgIpc) is 1.96. The first-order valence-electron chi connectivity index (χ1n) is 5.13. The van der Waals surface area contributed by atoms with Crippen LogP contribution in [0.4, 0.5) is 0 Å². The van der Waals surface area contributed by atoms with E-state index in [1.165, 1.54) is 25.7 Å². The van der Waals surface area contributed by atoms with Crippen molar-refractivity contribution in [1.82, 2.24) is 0 Å². The monoisotopic (exact) mass is 320 g/mol. The fraction of sp³-hybridized carbons (Fsp3) is 0.750. The summed E-state index contributed by atoms with van der Waals surface area (Å²) >= 11 is 0. The van der Waals surface area contributed by atoms with Crippen LogP contribution in [0.25, 0.3) is 0 Å². The van der Waals surface area contributed by atoms with Gasteiger partial charge in [-0.15, -0.1) is 0 Å². The van der Waals surface area contributed by atoms with E-state index in [1.54, 1.807) is 11.8 Å². The molecular formula is C12H26O3Ru. The van der Waals surface area contributed by atoms with Crippen molar-refractivity contribution in [2.45, 2.75) is 60.3 Å². The molecule has 0 aromatic carbocycles. The second-order valence-corrected chi connectivity index (χ2v) is 4.14.